The van der Waals surface area contributed by atoms with E-state index in [0.29, 0.717) is 6.54 Å². The van der Waals surface area contributed by atoms with Gasteiger partial charge in [0.15, 0.2) is 6.54 Å². The normalized spacial score (nSPS) is 19.0. The molecule has 0 spiro atoms. The number of nitrogens with zero attached hydrogens (tertiary/aromatic N) is 1. The van der Waals surface area contributed by atoms with Gasteiger partial charge in [0.2, 0.25) is 0 Å². The minimum atomic E-state index is 0.106. The molecule has 1 aliphatic heterocycles. The summed E-state index contributed by atoms with van der Waals surface area (Å²) in [6, 6.07) is 8.28. The van der Waals surface area contributed by atoms with Crippen molar-refractivity contribution in [3.63, 3.8) is 0 Å². The number of nitrogens with one attached hydrogen (secondary N) is 1. The lowest BCUT2D eigenvalue weighted by Crippen LogP contribution is -2.87. The first-order valence-electron chi connectivity index (χ1n) is 9.28. The average Bonchev–Trinajstić information content (AvgIpc) is 3.11. The molecule has 1 saturated heterocycles. The van der Waals surface area contributed by atoms with Crippen molar-refractivity contribution >= 4 is 17.3 Å². The van der Waals surface area contributed by atoms with E-state index in [1.807, 2.05) is 12.1 Å². The number of hydrogen-bond donors (Lipinski definition) is 2. The Bertz CT molecular complexity index is 488. The lowest BCUT2D eigenvalue weighted by Gasteiger charge is -2.19. The first kappa shape index (κ1) is 16.3. The van der Waals surface area contributed by atoms with Crippen molar-refractivity contribution in [1.29, 1.82) is 0 Å². The second-order valence-electron chi connectivity index (χ2n) is 7.02. The molecule has 1 heterocycles. The van der Waals surface area contributed by atoms with E-state index in [0.717, 1.165) is 31.2 Å². The summed E-state index contributed by atoms with van der Waals surface area (Å²) in [5.74, 6) is 0.922. The number of anilines is 2. The van der Waals surface area contributed by atoms with Gasteiger partial charge < -0.3 is 15.5 Å². The first-order chi connectivity index (χ1) is 11.3. The number of carbonyl (C=O) groups excluding carboxylic acids is 1. The zero-order valence-corrected chi connectivity index (χ0v) is 14.1. The first-order valence-corrected chi connectivity index (χ1v) is 9.28. The Morgan fingerprint density at radius 1 is 1.04 bits per heavy atom. The van der Waals surface area contributed by atoms with Gasteiger partial charge in [-0.05, 0) is 49.9 Å². The molecular weight excluding hydrogens is 286 g/mol. The average molecular weight is 316 g/mol. The van der Waals surface area contributed by atoms with Gasteiger partial charge in [0.1, 0.15) is 0 Å². The molecule has 4 heteroatoms. The lowest BCUT2D eigenvalue weighted by molar-refractivity contribution is -0.649. The van der Waals surface area contributed by atoms with Crippen LogP contribution in [0.4, 0.5) is 11.4 Å². The van der Waals surface area contributed by atoms with Gasteiger partial charge in [-0.15, -0.1) is 0 Å². The van der Waals surface area contributed by atoms with E-state index in [1.165, 1.54) is 50.6 Å². The molecule has 1 saturated carbocycles. The van der Waals surface area contributed by atoms with Crippen molar-refractivity contribution in [2.75, 3.05) is 36.4 Å². The summed E-state index contributed by atoms with van der Waals surface area (Å²) >= 11 is 0. The second-order valence-corrected chi connectivity index (χ2v) is 7.02. The van der Waals surface area contributed by atoms with Crippen molar-refractivity contribution < 1.29 is 10.1 Å². The minimum Gasteiger partial charge on any atom is -0.372 e. The fraction of sp³-hybridized carbons (Fsp3) is 0.632. The summed E-state index contributed by atoms with van der Waals surface area (Å²) in [5, 5.41) is 5.18. The van der Waals surface area contributed by atoms with Crippen LogP contribution in [-0.4, -0.2) is 32.1 Å². The molecule has 3 rings (SSSR count). The van der Waals surface area contributed by atoms with Crippen LogP contribution in [-0.2, 0) is 4.79 Å². The highest BCUT2D eigenvalue weighted by atomic mass is 16.1. The maximum absolute atomic E-state index is 12.0. The van der Waals surface area contributed by atoms with Crippen molar-refractivity contribution in [1.82, 2.24) is 0 Å². The molecule has 23 heavy (non-hydrogen) atoms. The number of amides is 1. The van der Waals surface area contributed by atoms with Crippen LogP contribution in [0.2, 0.25) is 0 Å². The number of nitrogens with two attached hydrogens (primary N) is 1. The van der Waals surface area contributed by atoms with Crippen LogP contribution in [0.15, 0.2) is 24.3 Å². The van der Waals surface area contributed by atoms with Crippen LogP contribution in [0.25, 0.3) is 0 Å². The van der Waals surface area contributed by atoms with E-state index in [1.54, 1.807) is 0 Å². The van der Waals surface area contributed by atoms with Gasteiger partial charge in [-0.2, -0.15) is 0 Å². The molecule has 3 N–H and O–H groups in total. The number of rotatable bonds is 6. The predicted molar refractivity (Wildman–Crippen MR) is 94.8 cm³/mol. The summed E-state index contributed by atoms with van der Waals surface area (Å²) in [6.45, 7) is 3.94. The van der Waals surface area contributed by atoms with E-state index in [2.05, 4.69) is 27.7 Å². The van der Waals surface area contributed by atoms with Crippen molar-refractivity contribution in [2.24, 2.45) is 5.92 Å². The van der Waals surface area contributed by atoms with Crippen LogP contribution < -0.4 is 15.5 Å². The largest absolute Gasteiger partial charge is 0.372 e. The van der Waals surface area contributed by atoms with Gasteiger partial charge in [-0.25, -0.2) is 0 Å². The quantitative estimate of drug-likeness (QED) is 0.846. The molecule has 1 aromatic carbocycles. The molecule has 0 atom stereocenters. The molecule has 0 radical (unpaired) electrons. The molecule has 0 unspecified atom stereocenters. The Balaban J connectivity index is 1.38. The third-order valence-corrected chi connectivity index (χ3v) is 5.18. The molecule has 4 nitrogen and oxygen atoms in total. The monoisotopic (exact) mass is 316 g/mol. The summed E-state index contributed by atoms with van der Waals surface area (Å²) < 4.78 is 0. The summed E-state index contributed by atoms with van der Waals surface area (Å²) in [6.07, 6.45) is 9.39. The minimum absolute atomic E-state index is 0.106. The molecule has 126 valence electrons. The summed E-state index contributed by atoms with van der Waals surface area (Å²) in [4.78, 5) is 14.4. The van der Waals surface area contributed by atoms with Crippen LogP contribution in [0, 0.1) is 5.92 Å². The summed E-state index contributed by atoms with van der Waals surface area (Å²) in [5.41, 5.74) is 2.17. The standard InChI is InChI=1S/C19H29N3O/c23-19(15-20-14-16-6-2-1-3-7-16)21-17-8-10-18(11-9-17)22-12-4-5-13-22/h8-11,16,20H,1-7,12-15H2,(H,21,23)/p+1. The SMILES string of the molecule is O=C(C[NH2+]CC1CCCCC1)Nc1ccc(N2CCCC2)cc1. The van der Waals surface area contributed by atoms with E-state index >= 15 is 0 Å². The molecule has 0 bridgehead atoms. The van der Waals surface area contributed by atoms with Crippen LogP contribution in [0.5, 0.6) is 0 Å². The maximum atomic E-state index is 12.0. The third kappa shape index (κ3) is 4.96. The highest BCUT2D eigenvalue weighted by Crippen LogP contribution is 2.22. The zero-order valence-electron chi connectivity index (χ0n) is 14.1. The van der Waals surface area contributed by atoms with Gasteiger partial charge in [0.05, 0.1) is 6.54 Å². The zero-order chi connectivity index (χ0) is 15.9. The highest BCUT2D eigenvalue weighted by molar-refractivity contribution is 5.91. The number of quaternary nitrogens is 1. The van der Waals surface area contributed by atoms with Gasteiger partial charge >= 0.3 is 0 Å². The number of hydrogen-bond acceptors (Lipinski definition) is 2. The van der Waals surface area contributed by atoms with Crippen LogP contribution in [0.3, 0.4) is 0 Å². The Kier molecular flexibility index (Phi) is 5.92. The smallest absolute Gasteiger partial charge is 0.279 e. The topological polar surface area (TPSA) is 49.0 Å². The van der Waals surface area contributed by atoms with Crippen LogP contribution >= 0.6 is 0 Å². The third-order valence-electron chi connectivity index (χ3n) is 5.18. The molecule has 2 aliphatic rings. The second kappa shape index (κ2) is 8.34. The maximum Gasteiger partial charge on any atom is 0.279 e. The van der Waals surface area contributed by atoms with Crippen molar-refractivity contribution in [3.05, 3.63) is 24.3 Å². The van der Waals surface area contributed by atoms with Gasteiger partial charge in [-0.1, -0.05) is 19.3 Å². The van der Waals surface area contributed by atoms with Gasteiger partial charge in [-0.3, -0.25) is 4.79 Å². The van der Waals surface area contributed by atoms with Gasteiger partial charge in [0, 0.05) is 30.4 Å². The summed E-state index contributed by atoms with van der Waals surface area (Å²) in [7, 11) is 0. The molecule has 0 aromatic heterocycles. The molecule has 1 aromatic rings. The Morgan fingerprint density at radius 2 is 1.74 bits per heavy atom. The molecule has 1 amide bonds. The molecule has 2 fully saturated rings. The number of benzene rings is 1. The molecular formula is C19H30N3O+. The Morgan fingerprint density at radius 3 is 2.43 bits per heavy atom. The number of carbonyl (C=O) groups is 1. The van der Waals surface area contributed by atoms with E-state index < -0.39 is 0 Å². The fourth-order valence-corrected chi connectivity index (χ4v) is 3.82. The predicted octanol–water partition coefficient (Wildman–Crippen LogP) is 2.37. The van der Waals surface area contributed by atoms with Crippen LogP contribution in [0.1, 0.15) is 44.9 Å². The van der Waals surface area contributed by atoms with Gasteiger partial charge in [0.25, 0.3) is 5.91 Å². The Hall–Kier alpha value is -1.55. The van der Waals surface area contributed by atoms with E-state index in [-0.39, 0.29) is 5.91 Å². The van der Waals surface area contributed by atoms with E-state index in [4.69, 9.17) is 0 Å². The fourth-order valence-electron chi connectivity index (χ4n) is 3.82. The highest BCUT2D eigenvalue weighted by Gasteiger charge is 2.16. The van der Waals surface area contributed by atoms with Crippen molar-refractivity contribution in [3.8, 4) is 0 Å². The van der Waals surface area contributed by atoms with Crippen molar-refractivity contribution in [2.45, 2.75) is 44.9 Å². The lowest BCUT2D eigenvalue weighted by atomic mass is 9.89. The van der Waals surface area contributed by atoms with E-state index in [9.17, 15) is 4.79 Å². The Labute approximate surface area is 139 Å². The molecule has 1 aliphatic carbocycles.